The van der Waals surface area contributed by atoms with Crippen LogP contribution in [0.5, 0.6) is 0 Å². The summed E-state index contributed by atoms with van der Waals surface area (Å²) in [5.74, 6) is 0.530. The predicted octanol–water partition coefficient (Wildman–Crippen LogP) is 0.747. The minimum atomic E-state index is -3.34. The molecule has 0 saturated carbocycles. The number of sulfonamides is 1. The van der Waals surface area contributed by atoms with E-state index in [0.717, 1.165) is 42.7 Å². The predicted molar refractivity (Wildman–Crippen MR) is 94.7 cm³/mol. The maximum atomic E-state index is 12.3. The smallest absolute Gasteiger partial charge is 0.238 e. The number of aryl methyl sites for hydroxylation is 2. The quantitative estimate of drug-likeness (QED) is 0.830. The van der Waals surface area contributed by atoms with Gasteiger partial charge in [0, 0.05) is 30.9 Å². The van der Waals surface area contributed by atoms with Crippen molar-refractivity contribution in [3.63, 3.8) is 0 Å². The molecule has 138 valence electrons. The molecule has 0 bridgehead atoms. The third-order valence-electron chi connectivity index (χ3n) is 5.02. The number of rotatable bonds is 5. The highest BCUT2D eigenvalue weighted by molar-refractivity contribution is 7.88. The van der Waals surface area contributed by atoms with Crippen LogP contribution in [0.2, 0.25) is 0 Å². The first-order valence-electron chi connectivity index (χ1n) is 8.96. The molecule has 1 aromatic heterocycles. The zero-order valence-electron chi connectivity index (χ0n) is 14.9. The van der Waals surface area contributed by atoms with Gasteiger partial charge in [0.15, 0.2) is 0 Å². The fourth-order valence-corrected chi connectivity index (χ4v) is 4.89. The molecule has 25 heavy (non-hydrogen) atoms. The summed E-state index contributed by atoms with van der Waals surface area (Å²) in [7, 11) is -3.34. The summed E-state index contributed by atoms with van der Waals surface area (Å²) in [6.45, 7) is 2.87. The van der Waals surface area contributed by atoms with Crippen molar-refractivity contribution in [2.24, 2.45) is 0 Å². The molecule has 0 spiro atoms. The van der Waals surface area contributed by atoms with Crippen LogP contribution in [0.25, 0.3) is 0 Å². The molecule has 1 aliphatic carbocycles. The van der Waals surface area contributed by atoms with Gasteiger partial charge in [-0.1, -0.05) is 0 Å². The summed E-state index contributed by atoms with van der Waals surface area (Å²) < 4.78 is 24.8. The van der Waals surface area contributed by atoms with Gasteiger partial charge < -0.3 is 5.32 Å². The van der Waals surface area contributed by atoms with E-state index in [1.165, 1.54) is 22.7 Å². The lowest BCUT2D eigenvalue weighted by Crippen LogP contribution is -2.46. The summed E-state index contributed by atoms with van der Waals surface area (Å²) in [4.78, 5) is 21.6. The Morgan fingerprint density at radius 3 is 2.76 bits per heavy atom. The maximum Gasteiger partial charge on any atom is 0.238 e. The SMILES string of the molecule is Cc1nc(CCNC(=O)[C@@H]2CCCN2S(C)(=O)=O)nc2c1CCCC2. The van der Waals surface area contributed by atoms with Crippen LogP contribution in [0.4, 0.5) is 0 Å². The first kappa shape index (κ1) is 18.3. The van der Waals surface area contributed by atoms with Gasteiger partial charge in [-0.15, -0.1) is 0 Å². The van der Waals surface area contributed by atoms with Crippen molar-refractivity contribution in [1.29, 1.82) is 0 Å². The second-order valence-corrected chi connectivity index (χ2v) is 8.87. The molecule has 0 aromatic carbocycles. The first-order chi connectivity index (χ1) is 11.9. The highest BCUT2D eigenvalue weighted by atomic mass is 32.2. The van der Waals surface area contributed by atoms with Gasteiger partial charge >= 0.3 is 0 Å². The highest BCUT2D eigenvalue weighted by Crippen LogP contribution is 2.22. The molecule has 2 aliphatic rings. The van der Waals surface area contributed by atoms with Gasteiger partial charge in [-0.3, -0.25) is 4.79 Å². The third kappa shape index (κ3) is 4.17. The van der Waals surface area contributed by atoms with Crippen molar-refractivity contribution in [2.45, 2.75) is 57.9 Å². The Kier molecular flexibility index (Phi) is 5.38. The molecule has 3 rings (SSSR count). The molecule has 0 unspecified atom stereocenters. The van der Waals surface area contributed by atoms with E-state index in [1.54, 1.807) is 0 Å². The van der Waals surface area contributed by atoms with E-state index in [1.807, 2.05) is 6.92 Å². The topological polar surface area (TPSA) is 92.3 Å². The Morgan fingerprint density at radius 2 is 2.00 bits per heavy atom. The van der Waals surface area contributed by atoms with Crippen LogP contribution in [0.15, 0.2) is 0 Å². The number of hydrogen-bond donors (Lipinski definition) is 1. The molecule has 2 heterocycles. The van der Waals surface area contributed by atoms with Crippen LogP contribution >= 0.6 is 0 Å². The lowest BCUT2D eigenvalue weighted by atomic mass is 9.95. The fraction of sp³-hybridized carbons (Fsp3) is 0.706. The Labute approximate surface area is 149 Å². The van der Waals surface area contributed by atoms with Crippen LogP contribution in [0.3, 0.4) is 0 Å². The lowest BCUT2D eigenvalue weighted by molar-refractivity contribution is -0.124. The van der Waals surface area contributed by atoms with Gasteiger partial charge in [-0.2, -0.15) is 4.31 Å². The standard InChI is InChI=1S/C17H26N4O3S/c1-12-13-6-3-4-7-14(13)20-16(19-12)9-10-18-17(22)15-8-5-11-21(15)25(2,23)24/h15H,3-11H2,1-2H3,(H,18,22)/t15-/m0/s1. The van der Waals surface area contributed by atoms with Crippen molar-refractivity contribution < 1.29 is 13.2 Å². The molecule has 8 heteroatoms. The molecular formula is C17H26N4O3S. The summed E-state index contributed by atoms with van der Waals surface area (Å²) in [5, 5.41) is 2.85. The van der Waals surface area contributed by atoms with Gasteiger partial charge in [0.25, 0.3) is 0 Å². The van der Waals surface area contributed by atoms with Crippen LogP contribution in [-0.2, 0) is 34.1 Å². The fourth-order valence-electron chi connectivity index (χ4n) is 3.77. The summed E-state index contributed by atoms with van der Waals surface area (Å²) >= 11 is 0. The van der Waals surface area contributed by atoms with Gasteiger partial charge in [-0.25, -0.2) is 18.4 Å². The van der Waals surface area contributed by atoms with E-state index < -0.39 is 16.1 Å². The summed E-state index contributed by atoms with van der Waals surface area (Å²) in [5.41, 5.74) is 3.48. The third-order valence-corrected chi connectivity index (χ3v) is 6.31. The van der Waals surface area contributed by atoms with Crippen molar-refractivity contribution in [3.8, 4) is 0 Å². The number of amides is 1. The van der Waals surface area contributed by atoms with Crippen molar-refractivity contribution in [2.75, 3.05) is 19.3 Å². The van der Waals surface area contributed by atoms with Crippen LogP contribution in [0.1, 0.15) is 48.5 Å². The summed E-state index contributed by atoms with van der Waals surface area (Å²) in [6, 6.07) is -0.582. The van der Waals surface area contributed by atoms with E-state index >= 15 is 0 Å². The Bertz CT molecular complexity index is 763. The number of carbonyl (C=O) groups excluding carboxylic acids is 1. The second-order valence-electron chi connectivity index (χ2n) is 6.93. The zero-order valence-corrected chi connectivity index (χ0v) is 15.7. The molecule has 1 amide bonds. The van der Waals surface area contributed by atoms with E-state index in [0.29, 0.717) is 25.9 Å². The number of hydrogen-bond acceptors (Lipinski definition) is 5. The molecule has 0 radical (unpaired) electrons. The van der Waals surface area contributed by atoms with Gasteiger partial charge in [0.05, 0.1) is 6.26 Å². The molecule has 1 aliphatic heterocycles. The van der Waals surface area contributed by atoms with Gasteiger partial charge in [0.2, 0.25) is 15.9 Å². The van der Waals surface area contributed by atoms with Crippen LogP contribution in [0, 0.1) is 6.92 Å². The Balaban J connectivity index is 1.58. The summed E-state index contributed by atoms with van der Waals surface area (Å²) in [6.07, 6.45) is 7.44. The van der Waals surface area contributed by atoms with Crippen molar-refractivity contribution >= 4 is 15.9 Å². The molecule has 1 fully saturated rings. The van der Waals surface area contributed by atoms with E-state index in [9.17, 15) is 13.2 Å². The van der Waals surface area contributed by atoms with Gasteiger partial charge in [-0.05, 0) is 51.0 Å². The Hall–Kier alpha value is -1.54. The molecule has 7 nitrogen and oxygen atoms in total. The second kappa shape index (κ2) is 7.37. The monoisotopic (exact) mass is 366 g/mol. The van der Waals surface area contributed by atoms with E-state index in [4.69, 9.17) is 0 Å². The first-order valence-corrected chi connectivity index (χ1v) is 10.8. The zero-order chi connectivity index (χ0) is 18.0. The Morgan fingerprint density at radius 1 is 1.24 bits per heavy atom. The normalized spacial score (nSPS) is 21.1. The minimum Gasteiger partial charge on any atom is -0.354 e. The minimum absolute atomic E-state index is 0.224. The van der Waals surface area contributed by atoms with Crippen LogP contribution < -0.4 is 5.32 Å². The van der Waals surface area contributed by atoms with Crippen molar-refractivity contribution in [3.05, 3.63) is 22.8 Å². The largest absolute Gasteiger partial charge is 0.354 e. The average molecular weight is 366 g/mol. The number of nitrogens with zero attached hydrogens (tertiary/aromatic N) is 3. The number of carbonyl (C=O) groups is 1. The van der Waals surface area contributed by atoms with E-state index in [2.05, 4.69) is 15.3 Å². The molecule has 1 N–H and O–H groups in total. The highest BCUT2D eigenvalue weighted by Gasteiger charge is 2.36. The molecular weight excluding hydrogens is 340 g/mol. The molecule has 1 saturated heterocycles. The van der Waals surface area contributed by atoms with Crippen molar-refractivity contribution in [1.82, 2.24) is 19.6 Å². The molecule has 1 aromatic rings. The number of fused-ring (bicyclic) bond motifs is 1. The van der Waals surface area contributed by atoms with Gasteiger partial charge in [0.1, 0.15) is 11.9 Å². The maximum absolute atomic E-state index is 12.3. The van der Waals surface area contributed by atoms with Crippen LogP contribution in [-0.4, -0.2) is 54.0 Å². The van der Waals surface area contributed by atoms with E-state index in [-0.39, 0.29) is 5.91 Å². The number of aromatic nitrogens is 2. The number of nitrogens with one attached hydrogen (secondary N) is 1. The molecule has 1 atom stereocenters. The average Bonchev–Trinajstić information content (AvgIpc) is 3.05. The lowest BCUT2D eigenvalue weighted by Gasteiger charge is -2.21.